The topological polar surface area (TPSA) is 190 Å². The van der Waals surface area contributed by atoms with Gasteiger partial charge < -0.3 is 55.1 Å². The van der Waals surface area contributed by atoms with Crippen molar-refractivity contribution in [3.05, 3.63) is 0 Å². The van der Waals surface area contributed by atoms with Crippen molar-refractivity contribution in [2.75, 3.05) is 19.8 Å². The maximum atomic E-state index is 10.00. The Kier molecular flexibility index (Phi) is 5.92. The molecule has 0 saturated carbocycles. The summed E-state index contributed by atoms with van der Waals surface area (Å²) in [6.45, 7) is -2.32. The molecule has 2 saturated heterocycles. The van der Waals surface area contributed by atoms with Crippen LogP contribution >= 0.6 is 0 Å². The van der Waals surface area contributed by atoms with E-state index >= 15 is 0 Å². The van der Waals surface area contributed by atoms with E-state index in [2.05, 4.69) is 0 Å². The fourth-order valence-corrected chi connectivity index (χ4v) is 2.63. The van der Waals surface area contributed by atoms with Crippen molar-refractivity contribution >= 4 is 0 Å². The van der Waals surface area contributed by atoms with Gasteiger partial charge in [-0.2, -0.15) is 0 Å². The van der Waals surface area contributed by atoms with Gasteiger partial charge in [0.05, 0.1) is 19.8 Å². The highest BCUT2D eigenvalue weighted by atomic mass is 16.7. The van der Waals surface area contributed by atoms with E-state index in [1.165, 1.54) is 0 Å². The van der Waals surface area contributed by atoms with Crippen LogP contribution < -0.4 is 0 Å². The van der Waals surface area contributed by atoms with Gasteiger partial charge in [-0.15, -0.1) is 0 Å². The number of aliphatic hydroxyl groups is 8. The van der Waals surface area contributed by atoms with Crippen LogP contribution in [0.25, 0.3) is 0 Å². The minimum Gasteiger partial charge on any atom is -0.394 e. The van der Waals surface area contributed by atoms with Gasteiger partial charge >= 0.3 is 0 Å². The quantitative estimate of drug-likeness (QED) is 0.238. The van der Waals surface area contributed by atoms with Crippen LogP contribution in [-0.2, 0) is 14.2 Å². The maximum absolute atomic E-state index is 10.00. The van der Waals surface area contributed by atoms with Crippen LogP contribution in [0, 0.1) is 0 Å². The number of rotatable bonds is 5. The Bertz CT molecular complexity index is 393. The summed E-state index contributed by atoms with van der Waals surface area (Å²) >= 11 is 0. The van der Waals surface area contributed by atoms with Gasteiger partial charge in [0.2, 0.25) is 5.79 Å². The Balaban J connectivity index is 2.13. The average Bonchev–Trinajstić information content (AvgIpc) is 2.80. The lowest BCUT2D eigenvalue weighted by Crippen LogP contribution is -2.60. The summed E-state index contributed by atoms with van der Waals surface area (Å²) in [6, 6.07) is 0. The molecule has 0 amide bonds. The Hall–Kier alpha value is -0.440. The van der Waals surface area contributed by atoms with Crippen LogP contribution in [-0.4, -0.2) is 115 Å². The highest BCUT2D eigenvalue weighted by Gasteiger charge is 2.56. The van der Waals surface area contributed by atoms with Gasteiger partial charge in [-0.1, -0.05) is 0 Å². The molecule has 1 unspecified atom stereocenters. The zero-order valence-electron chi connectivity index (χ0n) is 12.0. The smallest absolute Gasteiger partial charge is 0.219 e. The first-order chi connectivity index (χ1) is 10.8. The second kappa shape index (κ2) is 7.21. The Morgan fingerprint density at radius 1 is 0.870 bits per heavy atom. The maximum Gasteiger partial charge on any atom is 0.219 e. The van der Waals surface area contributed by atoms with Crippen LogP contribution in [0.2, 0.25) is 0 Å². The van der Waals surface area contributed by atoms with Crippen LogP contribution in [0.3, 0.4) is 0 Å². The van der Waals surface area contributed by atoms with Crippen molar-refractivity contribution in [3.8, 4) is 0 Å². The molecule has 9 atom stereocenters. The molecule has 0 aliphatic carbocycles. The molecular formula is C12H22O11. The molecule has 0 aromatic heterocycles. The zero-order chi connectivity index (χ0) is 17.4. The molecule has 136 valence electrons. The van der Waals surface area contributed by atoms with Crippen molar-refractivity contribution < 1.29 is 55.1 Å². The van der Waals surface area contributed by atoms with Crippen molar-refractivity contribution in [3.63, 3.8) is 0 Å². The van der Waals surface area contributed by atoms with E-state index in [9.17, 15) is 30.6 Å². The molecule has 0 aromatic carbocycles. The number of hydrogen-bond donors (Lipinski definition) is 8. The molecule has 0 bridgehead atoms. The van der Waals surface area contributed by atoms with Crippen LogP contribution in [0.4, 0.5) is 0 Å². The number of hydrogen-bond acceptors (Lipinski definition) is 11. The first kappa shape index (κ1) is 18.9. The van der Waals surface area contributed by atoms with E-state index in [0.717, 1.165) is 0 Å². The van der Waals surface area contributed by atoms with Crippen LogP contribution in [0.5, 0.6) is 0 Å². The second-order valence-electron chi connectivity index (χ2n) is 5.58. The van der Waals surface area contributed by atoms with Crippen LogP contribution in [0.15, 0.2) is 0 Å². The lowest BCUT2D eigenvalue weighted by atomic mass is 9.99. The summed E-state index contributed by atoms with van der Waals surface area (Å²) in [5.41, 5.74) is 0. The monoisotopic (exact) mass is 342 g/mol. The van der Waals surface area contributed by atoms with Crippen molar-refractivity contribution in [2.24, 2.45) is 0 Å². The SMILES string of the molecule is OC[C@H]1O[C@@H](O[C@@H]2[C@@H](CO)OC(O)(CO)[C@H]2O)[C@H](O)[C@H](O)[C@H]1O. The molecule has 11 nitrogen and oxygen atoms in total. The summed E-state index contributed by atoms with van der Waals surface area (Å²) in [5.74, 6) is -2.37. The minimum atomic E-state index is -2.37. The first-order valence-corrected chi connectivity index (χ1v) is 7.05. The van der Waals surface area contributed by atoms with Gasteiger partial charge in [0.1, 0.15) is 42.7 Å². The Morgan fingerprint density at radius 2 is 1.48 bits per heavy atom. The van der Waals surface area contributed by atoms with Gasteiger partial charge in [-0.3, -0.25) is 0 Å². The summed E-state index contributed by atoms with van der Waals surface area (Å²) in [5, 5.41) is 76.5. The predicted octanol–water partition coefficient (Wildman–Crippen LogP) is -5.40. The van der Waals surface area contributed by atoms with Gasteiger partial charge in [0, 0.05) is 0 Å². The van der Waals surface area contributed by atoms with E-state index in [0.29, 0.717) is 0 Å². The molecule has 0 spiro atoms. The standard InChI is InChI=1S/C12H22O11/c13-1-4-6(16)7(17)8(18)11(21-4)22-9-5(2-14)23-12(20,3-15)10(9)19/h4-11,13-20H,1-3H2/t4-,5-,6+,7-,8-,9-,10+,11+,12?/m1/s1. The molecular weight excluding hydrogens is 320 g/mol. The molecule has 2 rings (SSSR count). The largest absolute Gasteiger partial charge is 0.394 e. The second-order valence-corrected chi connectivity index (χ2v) is 5.58. The molecule has 2 aliphatic rings. The summed E-state index contributed by atoms with van der Waals surface area (Å²) in [4.78, 5) is 0. The lowest BCUT2D eigenvalue weighted by Gasteiger charge is -2.41. The van der Waals surface area contributed by atoms with Gasteiger partial charge in [-0.05, 0) is 0 Å². The average molecular weight is 342 g/mol. The molecule has 2 fully saturated rings. The molecule has 11 heteroatoms. The van der Waals surface area contributed by atoms with Crippen LogP contribution in [0.1, 0.15) is 0 Å². The highest BCUT2D eigenvalue weighted by molar-refractivity contribution is 4.98. The van der Waals surface area contributed by atoms with Gasteiger partial charge in [-0.25, -0.2) is 0 Å². The van der Waals surface area contributed by atoms with E-state index in [1.807, 2.05) is 0 Å². The van der Waals surface area contributed by atoms with E-state index in [-0.39, 0.29) is 0 Å². The molecule has 2 heterocycles. The van der Waals surface area contributed by atoms with Gasteiger partial charge in [0.15, 0.2) is 6.29 Å². The van der Waals surface area contributed by atoms with Crippen molar-refractivity contribution in [1.29, 1.82) is 0 Å². The van der Waals surface area contributed by atoms with Gasteiger partial charge in [0.25, 0.3) is 0 Å². The molecule has 0 radical (unpaired) electrons. The summed E-state index contributed by atoms with van der Waals surface area (Å²) in [6.07, 6.45) is -12.2. The third kappa shape index (κ3) is 3.36. The predicted molar refractivity (Wildman–Crippen MR) is 68.6 cm³/mol. The number of ether oxygens (including phenoxy) is 3. The Labute approximate surface area is 130 Å². The fourth-order valence-electron chi connectivity index (χ4n) is 2.63. The minimum absolute atomic E-state index is 0.668. The summed E-state index contributed by atoms with van der Waals surface area (Å²) < 4.78 is 15.3. The first-order valence-electron chi connectivity index (χ1n) is 7.05. The Morgan fingerprint density at radius 3 is 2.00 bits per heavy atom. The summed E-state index contributed by atoms with van der Waals surface area (Å²) in [7, 11) is 0. The molecule has 8 N–H and O–H groups in total. The fraction of sp³-hybridized carbons (Fsp3) is 1.00. The molecule has 23 heavy (non-hydrogen) atoms. The highest BCUT2D eigenvalue weighted by Crippen LogP contribution is 2.33. The number of aliphatic hydroxyl groups excluding tert-OH is 7. The molecule has 2 aliphatic heterocycles. The van der Waals surface area contributed by atoms with E-state index < -0.39 is 74.6 Å². The van der Waals surface area contributed by atoms with E-state index in [1.54, 1.807) is 0 Å². The third-order valence-corrected chi connectivity index (χ3v) is 4.04. The lowest BCUT2D eigenvalue weighted by molar-refractivity contribution is -0.318. The normalized spacial score (nSPS) is 51.1. The third-order valence-electron chi connectivity index (χ3n) is 4.04. The van der Waals surface area contributed by atoms with Crippen molar-refractivity contribution in [1.82, 2.24) is 0 Å². The zero-order valence-corrected chi connectivity index (χ0v) is 12.0. The van der Waals surface area contributed by atoms with E-state index in [4.69, 9.17) is 24.4 Å². The van der Waals surface area contributed by atoms with Crippen molar-refractivity contribution in [2.45, 2.75) is 54.8 Å². The molecule has 0 aromatic rings.